The van der Waals surface area contributed by atoms with Gasteiger partial charge in [0.2, 0.25) is 0 Å². The Morgan fingerprint density at radius 1 is 1.47 bits per heavy atom. The molecule has 17 heavy (non-hydrogen) atoms. The number of nitrogens with zero attached hydrogens (tertiary/aromatic N) is 1. The zero-order valence-corrected chi connectivity index (χ0v) is 11.7. The van der Waals surface area contributed by atoms with Gasteiger partial charge in [-0.05, 0) is 48.8 Å². The van der Waals surface area contributed by atoms with Crippen LogP contribution in [0, 0.1) is 0 Å². The van der Waals surface area contributed by atoms with Crippen molar-refractivity contribution in [2.24, 2.45) is 0 Å². The standard InChI is InChI=1S/C12H16BrNO3/c1-12(2,3)17-11(16)6-8-4-5-9(13)10(7-15)14-8/h4-5,15H,6-7H2,1-3H3. The van der Waals surface area contributed by atoms with Crippen LogP contribution in [-0.2, 0) is 22.6 Å². The minimum atomic E-state index is -0.494. The highest BCUT2D eigenvalue weighted by molar-refractivity contribution is 9.10. The first-order valence-electron chi connectivity index (χ1n) is 5.29. The summed E-state index contributed by atoms with van der Waals surface area (Å²) in [7, 11) is 0. The molecule has 0 aliphatic rings. The molecule has 0 aliphatic carbocycles. The Kier molecular flexibility index (Phi) is 4.65. The molecule has 1 aromatic heterocycles. The summed E-state index contributed by atoms with van der Waals surface area (Å²) in [6.07, 6.45) is 0.109. The molecule has 1 aromatic rings. The summed E-state index contributed by atoms with van der Waals surface area (Å²) in [5, 5.41) is 9.05. The van der Waals surface area contributed by atoms with Crippen molar-refractivity contribution < 1.29 is 14.6 Å². The molecule has 94 valence electrons. The Bertz CT molecular complexity index is 413. The number of pyridine rings is 1. The minimum Gasteiger partial charge on any atom is -0.460 e. The average molecular weight is 302 g/mol. The van der Waals surface area contributed by atoms with Crippen molar-refractivity contribution in [3.63, 3.8) is 0 Å². The van der Waals surface area contributed by atoms with E-state index in [4.69, 9.17) is 9.84 Å². The smallest absolute Gasteiger partial charge is 0.312 e. The van der Waals surface area contributed by atoms with Gasteiger partial charge < -0.3 is 9.84 Å². The zero-order chi connectivity index (χ0) is 13.1. The average Bonchev–Trinajstić information content (AvgIpc) is 2.18. The Morgan fingerprint density at radius 3 is 2.65 bits per heavy atom. The molecule has 0 aromatic carbocycles. The summed E-state index contributed by atoms with van der Waals surface area (Å²) in [5.41, 5.74) is 0.615. The molecule has 0 unspecified atom stereocenters. The van der Waals surface area contributed by atoms with E-state index < -0.39 is 5.60 Å². The molecule has 5 heteroatoms. The van der Waals surface area contributed by atoms with Crippen molar-refractivity contribution in [1.82, 2.24) is 4.98 Å². The van der Waals surface area contributed by atoms with E-state index in [0.29, 0.717) is 11.4 Å². The number of aliphatic hydroxyl groups excluding tert-OH is 1. The van der Waals surface area contributed by atoms with Crippen LogP contribution in [0.2, 0.25) is 0 Å². The van der Waals surface area contributed by atoms with Crippen molar-refractivity contribution in [2.45, 2.75) is 39.4 Å². The number of aromatic nitrogens is 1. The largest absolute Gasteiger partial charge is 0.460 e. The molecule has 0 aliphatic heterocycles. The van der Waals surface area contributed by atoms with E-state index in [-0.39, 0.29) is 19.0 Å². The van der Waals surface area contributed by atoms with Gasteiger partial charge in [0, 0.05) is 4.47 Å². The van der Waals surface area contributed by atoms with Gasteiger partial charge in [0.05, 0.1) is 24.4 Å². The molecule has 0 radical (unpaired) electrons. The van der Waals surface area contributed by atoms with Crippen molar-refractivity contribution in [2.75, 3.05) is 0 Å². The SMILES string of the molecule is CC(C)(C)OC(=O)Cc1ccc(Br)c(CO)n1. The van der Waals surface area contributed by atoms with Gasteiger partial charge >= 0.3 is 5.97 Å². The Balaban J connectivity index is 2.72. The fourth-order valence-corrected chi connectivity index (χ4v) is 1.61. The molecule has 1 heterocycles. The monoisotopic (exact) mass is 301 g/mol. The summed E-state index contributed by atoms with van der Waals surface area (Å²) in [6, 6.07) is 3.49. The van der Waals surface area contributed by atoms with E-state index in [9.17, 15) is 4.79 Å². The predicted octanol–water partition coefficient (Wildman–Crippen LogP) is 2.22. The second kappa shape index (κ2) is 5.60. The number of carbonyl (C=O) groups is 1. The molecule has 0 amide bonds. The van der Waals surface area contributed by atoms with Gasteiger partial charge in [-0.3, -0.25) is 9.78 Å². The second-order valence-corrected chi connectivity index (χ2v) is 5.51. The Labute approximate surface area is 109 Å². The lowest BCUT2D eigenvalue weighted by molar-refractivity contribution is -0.154. The molecule has 4 nitrogen and oxygen atoms in total. The number of rotatable bonds is 3. The maximum absolute atomic E-state index is 11.6. The molecule has 0 fully saturated rings. The van der Waals surface area contributed by atoms with E-state index in [1.54, 1.807) is 12.1 Å². The first-order chi connectivity index (χ1) is 7.81. The van der Waals surface area contributed by atoms with Gasteiger partial charge in [-0.2, -0.15) is 0 Å². The van der Waals surface area contributed by atoms with Crippen LogP contribution in [-0.4, -0.2) is 21.7 Å². The fourth-order valence-electron chi connectivity index (χ4n) is 1.26. The van der Waals surface area contributed by atoms with Gasteiger partial charge in [-0.15, -0.1) is 0 Å². The van der Waals surface area contributed by atoms with Crippen LogP contribution in [0.25, 0.3) is 0 Å². The van der Waals surface area contributed by atoms with Crippen molar-refractivity contribution in [1.29, 1.82) is 0 Å². The third-order valence-corrected chi connectivity index (χ3v) is 2.59. The lowest BCUT2D eigenvalue weighted by Gasteiger charge is -2.19. The molecule has 0 saturated carbocycles. The van der Waals surface area contributed by atoms with Crippen LogP contribution >= 0.6 is 15.9 Å². The highest BCUT2D eigenvalue weighted by Crippen LogP contribution is 2.16. The number of carbonyl (C=O) groups excluding carboxylic acids is 1. The number of hydrogen-bond acceptors (Lipinski definition) is 4. The second-order valence-electron chi connectivity index (χ2n) is 4.65. The van der Waals surface area contributed by atoms with E-state index in [2.05, 4.69) is 20.9 Å². The first kappa shape index (κ1) is 14.1. The lowest BCUT2D eigenvalue weighted by Crippen LogP contribution is -2.25. The third-order valence-electron chi connectivity index (χ3n) is 1.87. The molecular formula is C12H16BrNO3. The Morgan fingerprint density at radius 2 is 2.12 bits per heavy atom. The van der Waals surface area contributed by atoms with Gasteiger partial charge in [0.1, 0.15) is 5.60 Å². The normalized spacial score (nSPS) is 11.4. The number of esters is 1. The summed E-state index contributed by atoms with van der Waals surface area (Å²) in [4.78, 5) is 15.7. The van der Waals surface area contributed by atoms with E-state index in [1.807, 2.05) is 20.8 Å². The van der Waals surface area contributed by atoms with E-state index >= 15 is 0 Å². The number of ether oxygens (including phenoxy) is 1. The van der Waals surface area contributed by atoms with Crippen LogP contribution < -0.4 is 0 Å². The summed E-state index contributed by atoms with van der Waals surface area (Å²) < 4.78 is 5.92. The van der Waals surface area contributed by atoms with E-state index in [1.165, 1.54) is 0 Å². The van der Waals surface area contributed by atoms with Gasteiger partial charge in [-0.25, -0.2) is 0 Å². The highest BCUT2D eigenvalue weighted by Gasteiger charge is 2.17. The topological polar surface area (TPSA) is 59.4 Å². The fraction of sp³-hybridized carbons (Fsp3) is 0.500. The van der Waals surface area contributed by atoms with Crippen LogP contribution in [0.4, 0.5) is 0 Å². The van der Waals surface area contributed by atoms with Crippen LogP contribution in [0.15, 0.2) is 16.6 Å². The van der Waals surface area contributed by atoms with Gasteiger partial charge in [0.15, 0.2) is 0 Å². The summed E-state index contributed by atoms with van der Waals surface area (Å²) in [5.74, 6) is -0.323. The van der Waals surface area contributed by atoms with Crippen molar-refractivity contribution >= 4 is 21.9 Å². The quantitative estimate of drug-likeness (QED) is 0.870. The zero-order valence-electron chi connectivity index (χ0n) is 10.2. The predicted molar refractivity (Wildman–Crippen MR) is 67.4 cm³/mol. The number of aliphatic hydroxyl groups is 1. The highest BCUT2D eigenvalue weighted by atomic mass is 79.9. The van der Waals surface area contributed by atoms with Crippen LogP contribution in [0.3, 0.4) is 0 Å². The van der Waals surface area contributed by atoms with Gasteiger partial charge in [-0.1, -0.05) is 0 Å². The van der Waals surface area contributed by atoms with Crippen LogP contribution in [0.5, 0.6) is 0 Å². The summed E-state index contributed by atoms with van der Waals surface area (Å²) in [6.45, 7) is 5.29. The molecule has 0 saturated heterocycles. The molecule has 0 spiro atoms. The van der Waals surface area contributed by atoms with Crippen molar-refractivity contribution in [3.8, 4) is 0 Å². The third kappa shape index (κ3) is 4.83. The molecule has 1 rings (SSSR count). The molecule has 1 N–H and O–H groups in total. The Hall–Kier alpha value is -0.940. The first-order valence-corrected chi connectivity index (χ1v) is 6.08. The minimum absolute atomic E-state index is 0.109. The number of halogens is 1. The lowest BCUT2D eigenvalue weighted by atomic mass is 10.2. The number of hydrogen-bond donors (Lipinski definition) is 1. The molecule has 0 bridgehead atoms. The van der Waals surface area contributed by atoms with Crippen molar-refractivity contribution in [3.05, 3.63) is 28.0 Å². The maximum Gasteiger partial charge on any atom is 0.312 e. The van der Waals surface area contributed by atoms with Crippen LogP contribution in [0.1, 0.15) is 32.2 Å². The molecular weight excluding hydrogens is 286 g/mol. The summed E-state index contributed by atoms with van der Waals surface area (Å²) >= 11 is 3.27. The maximum atomic E-state index is 11.6. The molecule has 0 atom stereocenters. The van der Waals surface area contributed by atoms with Gasteiger partial charge in [0.25, 0.3) is 0 Å². The van der Waals surface area contributed by atoms with E-state index in [0.717, 1.165) is 4.47 Å².